The molecule has 0 aliphatic carbocycles. The summed E-state index contributed by atoms with van der Waals surface area (Å²) >= 11 is 3.65. The van der Waals surface area contributed by atoms with Crippen LogP contribution in [0, 0.1) is 0 Å². The molecule has 0 saturated carbocycles. The molecule has 0 amide bonds. The van der Waals surface area contributed by atoms with Gasteiger partial charge in [0.05, 0.1) is 40.5 Å². The van der Waals surface area contributed by atoms with Gasteiger partial charge < -0.3 is 25.2 Å². The van der Waals surface area contributed by atoms with E-state index in [9.17, 15) is 0 Å². The Balaban J connectivity index is 1.26. The van der Waals surface area contributed by atoms with Crippen LogP contribution in [0.25, 0.3) is 22.2 Å². The maximum Gasteiger partial charge on any atom is 0.229 e. The Morgan fingerprint density at radius 2 is 1.80 bits per heavy atom. The Kier molecular flexibility index (Phi) is 7.60. The smallest absolute Gasteiger partial charge is 0.229 e. The number of hydrogen-bond donors (Lipinski definition) is 2. The second kappa shape index (κ2) is 11.6. The highest BCUT2D eigenvalue weighted by Crippen LogP contribution is 2.44. The van der Waals surface area contributed by atoms with Crippen molar-refractivity contribution < 1.29 is 4.74 Å². The van der Waals surface area contributed by atoms with Crippen molar-refractivity contribution in [2.45, 2.75) is 12.5 Å². The fraction of sp³-hybridized carbons (Fsp3) is 0.323. The summed E-state index contributed by atoms with van der Waals surface area (Å²) < 4.78 is 8.68. The molecule has 5 aromatic rings. The number of aryl methyl sites for hydroxylation is 1. The number of nitrogens with one attached hydrogen (secondary N) is 2. The first-order valence-electron chi connectivity index (χ1n) is 14.5. The highest BCUT2D eigenvalue weighted by molar-refractivity contribution is 9.10. The molecule has 11 nitrogen and oxygen atoms in total. The molecule has 226 valence electrons. The number of methoxy groups -OCH3 is 1. The molecule has 7 rings (SSSR count). The first-order chi connectivity index (χ1) is 21.3. The standard InChI is InChI=1S/C31H34BrN10OP/c1-40-16-18(17-40)42-11-8-25-20(14-36-41(25)2)19-12-24(27(43-3)13-26(19)42)38-31-35-15-21(32)30(39-31)37-23-7-6-22-28(29(23)44(4)5)34-10-9-33-22/h6-7,9-10,12-15,18H,8,11,16-17H2,1-5H3,(H2,35,37,38,39). The average Bonchev–Trinajstić information content (AvgIpc) is 3.29. The summed E-state index contributed by atoms with van der Waals surface area (Å²) in [6.07, 6.45) is 8.12. The predicted molar refractivity (Wildman–Crippen MR) is 182 cm³/mol. The van der Waals surface area contributed by atoms with E-state index < -0.39 is 7.92 Å². The summed E-state index contributed by atoms with van der Waals surface area (Å²) in [5.41, 5.74) is 8.19. The summed E-state index contributed by atoms with van der Waals surface area (Å²) in [7, 11) is 5.41. The van der Waals surface area contributed by atoms with Crippen LogP contribution in [0.4, 0.5) is 28.8 Å². The second-order valence-electron chi connectivity index (χ2n) is 11.4. The third-order valence-electron chi connectivity index (χ3n) is 8.36. The van der Waals surface area contributed by atoms with Crippen LogP contribution in [0.2, 0.25) is 0 Å². The van der Waals surface area contributed by atoms with Crippen molar-refractivity contribution in [2.75, 3.05) is 62.7 Å². The molecular formula is C31H34BrN10OP. The zero-order chi connectivity index (χ0) is 30.5. The summed E-state index contributed by atoms with van der Waals surface area (Å²) in [6.45, 7) is 7.45. The fourth-order valence-corrected chi connectivity index (χ4v) is 7.70. The number of benzene rings is 2. The lowest BCUT2D eigenvalue weighted by Gasteiger charge is -2.45. The van der Waals surface area contributed by atoms with Gasteiger partial charge in [-0.1, -0.05) is 7.92 Å². The fourth-order valence-electron chi connectivity index (χ4n) is 6.20. The lowest BCUT2D eigenvalue weighted by molar-refractivity contribution is 0.183. The first kappa shape index (κ1) is 28.9. The Hall–Kier alpha value is -3.86. The van der Waals surface area contributed by atoms with Crippen LogP contribution in [-0.2, 0) is 13.5 Å². The van der Waals surface area contributed by atoms with Gasteiger partial charge in [0.2, 0.25) is 5.95 Å². The Bertz CT molecular complexity index is 1870. The van der Waals surface area contributed by atoms with E-state index in [1.165, 1.54) is 11.4 Å². The minimum Gasteiger partial charge on any atom is -0.494 e. The van der Waals surface area contributed by atoms with Crippen molar-refractivity contribution in [2.24, 2.45) is 7.05 Å². The van der Waals surface area contributed by atoms with E-state index in [2.05, 4.69) is 88.9 Å². The van der Waals surface area contributed by atoms with Gasteiger partial charge in [0.25, 0.3) is 0 Å². The first-order valence-corrected chi connectivity index (χ1v) is 17.5. The minimum atomic E-state index is -0.480. The Labute approximate surface area is 266 Å². The molecule has 0 atom stereocenters. The summed E-state index contributed by atoms with van der Waals surface area (Å²) in [5, 5.41) is 12.7. The number of fused-ring (bicyclic) bond motifs is 4. The minimum absolute atomic E-state index is 0.448. The zero-order valence-electron chi connectivity index (χ0n) is 25.3. The molecule has 0 unspecified atom stereocenters. The molecule has 1 saturated heterocycles. The van der Waals surface area contributed by atoms with Crippen LogP contribution in [0.15, 0.2) is 53.5 Å². The van der Waals surface area contributed by atoms with Gasteiger partial charge >= 0.3 is 0 Å². The molecule has 1 fully saturated rings. The third kappa shape index (κ3) is 5.14. The number of anilines is 5. The molecule has 2 aliphatic rings. The molecule has 2 N–H and O–H groups in total. The van der Waals surface area contributed by atoms with E-state index in [1.54, 1.807) is 25.7 Å². The largest absolute Gasteiger partial charge is 0.494 e. The van der Waals surface area contributed by atoms with Crippen molar-refractivity contribution >= 4 is 69.0 Å². The van der Waals surface area contributed by atoms with Gasteiger partial charge in [0.15, 0.2) is 0 Å². The van der Waals surface area contributed by atoms with Crippen LogP contribution in [-0.4, -0.2) is 87.8 Å². The molecule has 2 aromatic carbocycles. The van der Waals surface area contributed by atoms with Gasteiger partial charge in [-0.15, -0.1) is 0 Å². The summed E-state index contributed by atoms with van der Waals surface area (Å²) in [4.78, 5) is 23.5. The lowest BCUT2D eigenvalue weighted by atomic mass is 10.0. The van der Waals surface area contributed by atoms with E-state index in [-0.39, 0.29) is 0 Å². The van der Waals surface area contributed by atoms with Crippen molar-refractivity contribution in [3.63, 3.8) is 0 Å². The lowest BCUT2D eigenvalue weighted by Crippen LogP contribution is -2.58. The van der Waals surface area contributed by atoms with Crippen LogP contribution in [0.5, 0.6) is 5.75 Å². The van der Waals surface area contributed by atoms with E-state index in [4.69, 9.17) is 9.72 Å². The van der Waals surface area contributed by atoms with Crippen LogP contribution in [0.1, 0.15) is 5.69 Å². The Morgan fingerprint density at radius 3 is 2.57 bits per heavy atom. The quantitative estimate of drug-likeness (QED) is 0.226. The number of halogens is 1. The molecule has 3 aromatic heterocycles. The predicted octanol–water partition coefficient (Wildman–Crippen LogP) is 5.12. The third-order valence-corrected chi connectivity index (χ3v) is 10.3. The summed E-state index contributed by atoms with van der Waals surface area (Å²) in [6, 6.07) is 8.78. The van der Waals surface area contributed by atoms with Gasteiger partial charge in [-0.05, 0) is 54.5 Å². The maximum absolute atomic E-state index is 5.94. The van der Waals surface area contributed by atoms with Crippen LogP contribution >= 0.6 is 23.9 Å². The topological polar surface area (TPSA) is 109 Å². The van der Waals surface area contributed by atoms with E-state index in [1.807, 2.05) is 30.1 Å². The Morgan fingerprint density at radius 1 is 0.977 bits per heavy atom. The van der Waals surface area contributed by atoms with E-state index in [0.29, 0.717) is 17.8 Å². The van der Waals surface area contributed by atoms with Gasteiger partial charge in [-0.3, -0.25) is 14.6 Å². The molecule has 0 spiro atoms. The monoisotopic (exact) mass is 672 g/mol. The van der Waals surface area contributed by atoms with Crippen LogP contribution < -0.4 is 25.6 Å². The summed E-state index contributed by atoms with van der Waals surface area (Å²) in [5.74, 6) is 1.82. The normalized spacial score (nSPS) is 15.1. The van der Waals surface area contributed by atoms with Crippen molar-refractivity contribution in [3.8, 4) is 16.9 Å². The van der Waals surface area contributed by atoms with Crippen molar-refractivity contribution in [1.82, 2.24) is 34.6 Å². The molecular weight excluding hydrogens is 639 g/mol. The zero-order valence-corrected chi connectivity index (χ0v) is 27.8. The molecule has 2 aliphatic heterocycles. The number of hydrogen-bond acceptors (Lipinski definition) is 10. The molecule has 0 radical (unpaired) electrons. The SMILES string of the molecule is COc1cc2c(cc1Nc1ncc(Br)c(Nc3ccc4nccnc4c3P(C)C)n1)-c1cnn(C)c1CCN2C1CN(C)C1. The number of rotatable bonds is 7. The molecule has 13 heteroatoms. The molecule has 0 bridgehead atoms. The number of likely N-dealkylation sites (tertiary alicyclic amines) is 1. The number of ether oxygens (including phenoxy) is 1. The highest BCUT2D eigenvalue weighted by atomic mass is 79.9. The van der Waals surface area contributed by atoms with E-state index in [0.717, 1.165) is 75.1 Å². The second-order valence-corrected chi connectivity index (χ2v) is 14.5. The highest BCUT2D eigenvalue weighted by Gasteiger charge is 2.34. The number of nitrogens with zero attached hydrogens (tertiary/aromatic N) is 8. The molecule has 5 heterocycles. The van der Waals surface area contributed by atoms with E-state index >= 15 is 0 Å². The number of likely N-dealkylation sites (N-methyl/N-ethyl adjacent to an activating group) is 1. The van der Waals surface area contributed by atoms with Gasteiger partial charge in [0, 0.05) is 91.3 Å². The van der Waals surface area contributed by atoms with Crippen molar-refractivity contribution in [3.05, 3.63) is 59.2 Å². The van der Waals surface area contributed by atoms with Gasteiger partial charge in [0.1, 0.15) is 11.6 Å². The number of aromatic nitrogens is 6. The maximum atomic E-state index is 5.94. The van der Waals surface area contributed by atoms with Crippen molar-refractivity contribution in [1.29, 1.82) is 0 Å². The molecule has 44 heavy (non-hydrogen) atoms. The van der Waals surface area contributed by atoms with Crippen LogP contribution in [0.3, 0.4) is 0 Å². The van der Waals surface area contributed by atoms with Gasteiger partial charge in [-0.25, -0.2) is 4.98 Å². The van der Waals surface area contributed by atoms with Gasteiger partial charge in [-0.2, -0.15) is 10.1 Å². The average molecular weight is 674 g/mol.